The lowest BCUT2D eigenvalue weighted by atomic mass is 9.64. The first kappa shape index (κ1) is 13.1. The Morgan fingerprint density at radius 2 is 2.10 bits per heavy atom. The van der Waals surface area contributed by atoms with Crippen LogP contribution in [0.15, 0.2) is 41.9 Å². The number of rotatable bonds is 4. The number of aromatic nitrogens is 1. The smallest absolute Gasteiger partial charge is 0.321 e. The molecular weight excluding hydrogens is 270 g/mol. The highest BCUT2D eigenvalue weighted by Gasteiger charge is 2.38. The lowest BCUT2D eigenvalue weighted by Gasteiger charge is -2.42. The van der Waals surface area contributed by atoms with Crippen LogP contribution in [0.1, 0.15) is 24.8 Å². The van der Waals surface area contributed by atoms with E-state index in [9.17, 15) is 4.79 Å². The van der Waals surface area contributed by atoms with E-state index >= 15 is 0 Å². The summed E-state index contributed by atoms with van der Waals surface area (Å²) in [5.74, 6) is 0. The van der Waals surface area contributed by atoms with E-state index in [0.29, 0.717) is 11.7 Å². The summed E-state index contributed by atoms with van der Waals surface area (Å²) in [5, 5.41) is 8.20. The van der Waals surface area contributed by atoms with Crippen LogP contribution in [-0.2, 0) is 5.41 Å². The second kappa shape index (κ2) is 5.63. The summed E-state index contributed by atoms with van der Waals surface area (Å²) in [6.07, 6.45) is 5.17. The van der Waals surface area contributed by atoms with Crippen LogP contribution in [0.3, 0.4) is 0 Å². The Labute approximate surface area is 122 Å². The molecule has 0 saturated heterocycles. The monoisotopic (exact) mass is 287 g/mol. The van der Waals surface area contributed by atoms with Crippen LogP contribution < -0.4 is 10.6 Å². The van der Waals surface area contributed by atoms with Crippen molar-refractivity contribution in [2.75, 3.05) is 11.9 Å². The summed E-state index contributed by atoms with van der Waals surface area (Å²) in [5.41, 5.74) is 1.43. The molecule has 104 valence electrons. The number of nitrogens with one attached hydrogen (secondary N) is 2. The number of carbonyl (C=O) groups is 1. The second-order valence-corrected chi connectivity index (χ2v) is 6.04. The Morgan fingerprint density at radius 1 is 1.30 bits per heavy atom. The van der Waals surface area contributed by atoms with Gasteiger partial charge in [-0.25, -0.2) is 9.78 Å². The number of benzene rings is 1. The van der Waals surface area contributed by atoms with Gasteiger partial charge in [-0.1, -0.05) is 36.8 Å². The molecule has 1 aromatic carbocycles. The molecular formula is C15H17N3OS. The minimum atomic E-state index is -0.179. The third kappa shape index (κ3) is 2.67. The largest absolute Gasteiger partial charge is 0.337 e. The first-order valence-electron chi connectivity index (χ1n) is 6.78. The summed E-state index contributed by atoms with van der Waals surface area (Å²) in [6, 6.07) is 10.3. The van der Waals surface area contributed by atoms with Gasteiger partial charge in [0.1, 0.15) is 0 Å². The first-order valence-corrected chi connectivity index (χ1v) is 7.66. The van der Waals surface area contributed by atoms with Gasteiger partial charge in [0.25, 0.3) is 0 Å². The highest BCUT2D eigenvalue weighted by molar-refractivity contribution is 7.13. The molecule has 1 aromatic heterocycles. The van der Waals surface area contributed by atoms with Crippen LogP contribution in [0.25, 0.3) is 0 Å². The minimum Gasteiger partial charge on any atom is -0.337 e. The van der Waals surface area contributed by atoms with E-state index in [1.807, 2.05) is 11.4 Å². The molecule has 1 aliphatic carbocycles. The van der Waals surface area contributed by atoms with Crippen LogP contribution in [0.2, 0.25) is 0 Å². The standard InChI is InChI=1S/C15H17N3OS/c19-13(18-14-16-9-10-20-14)17-11-15(7-4-8-15)12-5-2-1-3-6-12/h1-3,5-6,9-10H,4,7-8,11H2,(H2,16,17,18,19). The van der Waals surface area contributed by atoms with Crippen molar-refractivity contribution in [1.82, 2.24) is 10.3 Å². The molecule has 0 unspecified atom stereocenters. The molecule has 2 N–H and O–H groups in total. The van der Waals surface area contributed by atoms with Crippen molar-refractivity contribution >= 4 is 22.5 Å². The van der Waals surface area contributed by atoms with Crippen molar-refractivity contribution in [1.29, 1.82) is 0 Å². The van der Waals surface area contributed by atoms with Crippen LogP contribution in [0.4, 0.5) is 9.93 Å². The van der Waals surface area contributed by atoms with Gasteiger partial charge in [0.05, 0.1) is 0 Å². The fraction of sp³-hybridized carbons (Fsp3) is 0.333. The van der Waals surface area contributed by atoms with Gasteiger partial charge in [0.15, 0.2) is 5.13 Å². The molecule has 0 aliphatic heterocycles. The third-order valence-corrected chi connectivity index (χ3v) is 4.63. The summed E-state index contributed by atoms with van der Waals surface area (Å²) in [6.45, 7) is 0.675. The predicted molar refractivity (Wildman–Crippen MR) is 81.1 cm³/mol. The SMILES string of the molecule is O=C(NCC1(c2ccccc2)CCC1)Nc1nccs1. The van der Waals surface area contributed by atoms with E-state index < -0.39 is 0 Å². The van der Waals surface area contributed by atoms with E-state index in [1.54, 1.807) is 6.20 Å². The highest BCUT2D eigenvalue weighted by Crippen LogP contribution is 2.43. The average molecular weight is 287 g/mol. The van der Waals surface area contributed by atoms with E-state index in [2.05, 4.69) is 39.9 Å². The van der Waals surface area contributed by atoms with E-state index in [4.69, 9.17) is 0 Å². The van der Waals surface area contributed by atoms with E-state index in [0.717, 1.165) is 12.8 Å². The molecule has 1 aliphatic rings. The van der Waals surface area contributed by atoms with Crippen LogP contribution in [-0.4, -0.2) is 17.6 Å². The van der Waals surface area contributed by atoms with Gasteiger partial charge >= 0.3 is 6.03 Å². The van der Waals surface area contributed by atoms with Crippen LogP contribution in [0.5, 0.6) is 0 Å². The molecule has 2 aromatic rings. The maximum Gasteiger partial charge on any atom is 0.321 e. The Hall–Kier alpha value is -1.88. The molecule has 1 saturated carbocycles. The number of anilines is 1. The van der Waals surface area contributed by atoms with Gasteiger partial charge in [-0.15, -0.1) is 11.3 Å². The van der Waals surface area contributed by atoms with Crippen LogP contribution in [0, 0.1) is 0 Å². The van der Waals surface area contributed by atoms with E-state index in [1.165, 1.54) is 23.3 Å². The van der Waals surface area contributed by atoms with Crippen molar-refractivity contribution in [2.45, 2.75) is 24.7 Å². The van der Waals surface area contributed by atoms with Crippen molar-refractivity contribution in [3.05, 3.63) is 47.5 Å². The zero-order valence-corrected chi connectivity index (χ0v) is 12.0. The van der Waals surface area contributed by atoms with Gasteiger partial charge in [-0.05, 0) is 18.4 Å². The molecule has 0 bridgehead atoms. The molecule has 0 radical (unpaired) electrons. The molecule has 5 heteroatoms. The molecule has 0 spiro atoms. The number of hydrogen-bond acceptors (Lipinski definition) is 3. The number of thiazole rings is 1. The quantitative estimate of drug-likeness (QED) is 0.905. The Morgan fingerprint density at radius 3 is 2.70 bits per heavy atom. The molecule has 20 heavy (non-hydrogen) atoms. The van der Waals surface area contributed by atoms with Gasteiger partial charge < -0.3 is 5.32 Å². The second-order valence-electron chi connectivity index (χ2n) is 5.14. The fourth-order valence-electron chi connectivity index (χ4n) is 2.64. The molecule has 4 nitrogen and oxygen atoms in total. The Bertz CT molecular complexity index is 564. The summed E-state index contributed by atoms with van der Waals surface area (Å²) >= 11 is 1.42. The topological polar surface area (TPSA) is 54.0 Å². The van der Waals surface area contributed by atoms with Gasteiger partial charge in [-0.2, -0.15) is 0 Å². The molecule has 3 rings (SSSR count). The fourth-order valence-corrected chi connectivity index (χ4v) is 3.16. The number of carbonyl (C=O) groups excluding carboxylic acids is 1. The van der Waals surface area contributed by atoms with Crippen LogP contribution >= 0.6 is 11.3 Å². The van der Waals surface area contributed by atoms with Crippen molar-refractivity contribution < 1.29 is 4.79 Å². The van der Waals surface area contributed by atoms with Crippen molar-refractivity contribution in [3.63, 3.8) is 0 Å². The summed E-state index contributed by atoms with van der Waals surface area (Å²) < 4.78 is 0. The Kier molecular flexibility index (Phi) is 3.69. The predicted octanol–water partition coefficient (Wildman–Crippen LogP) is 3.39. The number of amides is 2. The first-order chi connectivity index (χ1) is 9.78. The van der Waals surface area contributed by atoms with Crippen molar-refractivity contribution in [2.24, 2.45) is 0 Å². The number of nitrogens with zero attached hydrogens (tertiary/aromatic N) is 1. The lowest BCUT2D eigenvalue weighted by Crippen LogP contribution is -2.46. The normalized spacial score (nSPS) is 16.2. The lowest BCUT2D eigenvalue weighted by molar-refractivity contribution is 0.222. The Balaban J connectivity index is 1.60. The van der Waals surface area contributed by atoms with Gasteiger partial charge in [0.2, 0.25) is 0 Å². The van der Waals surface area contributed by atoms with Gasteiger partial charge in [-0.3, -0.25) is 5.32 Å². The number of urea groups is 1. The van der Waals surface area contributed by atoms with E-state index in [-0.39, 0.29) is 11.4 Å². The highest BCUT2D eigenvalue weighted by atomic mass is 32.1. The summed E-state index contributed by atoms with van der Waals surface area (Å²) in [4.78, 5) is 15.9. The zero-order chi connectivity index (χ0) is 13.8. The molecule has 0 atom stereocenters. The maximum absolute atomic E-state index is 11.9. The van der Waals surface area contributed by atoms with Crippen molar-refractivity contribution in [3.8, 4) is 0 Å². The summed E-state index contributed by atoms with van der Waals surface area (Å²) in [7, 11) is 0. The zero-order valence-electron chi connectivity index (χ0n) is 11.1. The maximum atomic E-state index is 11.9. The molecule has 1 fully saturated rings. The molecule has 1 heterocycles. The number of hydrogen-bond donors (Lipinski definition) is 2. The average Bonchev–Trinajstić information content (AvgIpc) is 2.91. The minimum absolute atomic E-state index is 0.113. The third-order valence-electron chi connectivity index (χ3n) is 3.94. The molecule has 2 amide bonds. The van der Waals surface area contributed by atoms with Gasteiger partial charge in [0, 0.05) is 23.5 Å².